The Hall–Kier alpha value is 0.350. The predicted molar refractivity (Wildman–Crippen MR) is 94.8 cm³/mol. The highest BCUT2D eigenvalue weighted by atomic mass is 79.9. The first-order valence-corrected chi connectivity index (χ1v) is 10.1. The maximum atomic E-state index is 4.48. The summed E-state index contributed by atoms with van der Waals surface area (Å²) in [5, 5.41) is 10.2. The van der Waals surface area contributed by atoms with Crippen LogP contribution in [0.5, 0.6) is 0 Å². The van der Waals surface area contributed by atoms with Gasteiger partial charge in [-0.15, -0.1) is 0 Å². The number of thioether (sulfide) groups is 2. The van der Waals surface area contributed by atoms with Crippen molar-refractivity contribution in [3.8, 4) is 0 Å². The van der Waals surface area contributed by atoms with Crippen molar-refractivity contribution in [3.05, 3.63) is 16.4 Å². The molecule has 3 nitrogen and oxygen atoms in total. The number of rotatable bonds is 5. The van der Waals surface area contributed by atoms with E-state index < -0.39 is 0 Å². The first kappa shape index (κ1) is 16.7. The second-order valence-electron chi connectivity index (χ2n) is 5.15. The van der Waals surface area contributed by atoms with Crippen molar-refractivity contribution in [3.63, 3.8) is 0 Å². The van der Waals surface area contributed by atoms with Gasteiger partial charge in [0.05, 0.1) is 22.4 Å². The molecule has 0 bridgehead atoms. The lowest BCUT2D eigenvalue weighted by Gasteiger charge is -2.36. The van der Waals surface area contributed by atoms with Gasteiger partial charge in [-0.3, -0.25) is 4.68 Å². The van der Waals surface area contributed by atoms with Crippen LogP contribution in [0.1, 0.15) is 39.4 Å². The largest absolute Gasteiger partial charge is 0.308 e. The summed E-state index contributed by atoms with van der Waals surface area (Å²) in [5.41, 5.74) is 1.30. The van der Waals surface area contributed by atoms with Gasteiger partial charge in [-0.05, 0) is 29.4 Å². The highest BCUT2D eigenvalue weighted by Gasteiger charge is 2.34. The molecule has 0 radical (unpaired) electrons. The summed E-state index contributed by atoms with van der Waals surface area (Å²) in [6.45, 7) is 10.9. The van der Waals surface area contributed by atoms with Gasteiger partial charge in [0.2, 0.25) is 0 Å². The Morgan fingerprint density at radius 3 is 2.80 bits per heavy atom. The van der Waals surface area contributed by atoms with E-state index >= 15 is 0 Å². The molecular weight excluding hydrogens is 354 g/mol. The zero-order chi connectivity index (χ0) is 14.7. The average molecular weight is 378 g/mol. The van der Waals surface area contributed by atoms with Crippen molar-refractivity contribution in [2.75, 3.05) is 12.3 Å². The summed E-state index contributed by atoms with van der Waals surface area (Å²) in [6.07, 6.45) is 1.93. The summed E-state index contributed by atoms with van der Waals surface area (Å²) < 4.78 is 3.24. The zero-order valence-electron chi connectivity index (χ0n) is 12.6. The minimum Gasteiger partial charge on any atom is -0.308 e. The molecule has 0 aliphatic carbocycles. The molecule has 20 heavy (non-hydrogen) atoms. The quantitative estimate of drug-likeness (QED) is 0.841. The van der Waals surface area contributed by atoms with Crippen LogP contribution in [0.4, 0.5) is 0 Å². The highest BCUT2D eigenvalue weighted by molar-refractivity contribution is 9.10. The molecule has 0 amide bonds. The Balaban J connectivity index is 2.24. The topological polar surface area (TPSA) is 29.9 Å². The van der Waals surface area contributed by atoms with Gasteiger partial charge in [0.1, 0.15) is 0 Å². The molecule has 114 valence electrons. The zero-order valence-corrected chi connectivity index (χ0v) is 15.8. The van der Waals surface area contributed by atoms with Crippen molar-refractivity contribution in [1.29, 1.82) is 0 Å². The van der Waals surface area contributed by atoms with E-state index in [1.54, 1.807) is 0 Å². The molecule has 0 saturated carbocycles. The van der Waals surface area contributed by atoms with Gasteiger partial charge in [-0.2, -0.15) is 28.6 Å². The fourth-order valence-corrected chi connectivity index (χ4v) is 6.17. The molecule has 0 spiro atoms. The number of aryl methyl sites for hydroxylation is 1. The molecule has 2 heterocycles. The lowest BCUT2D eigenvalue weighted by Crippen LogP contribution is -2.38. The van der Waals surface area contributed by atoms with Crippen molar-refractivity contribution in [2.24, 2.45) is 0 Å². The third kappa shape index (κ3) is 3.57. The van der Waals surface area contributed by atoms with Crippen LogP contribution >= 0.6 is 39.5 Å². The number of nitrogens with one attached hydrogen (secondary N) is 1. The van der Waals surface area contributed by atoms with Crippen LogP contribution in [0.3, 0.4) is 0 Å². The van der Waals surface area contributed by atoms with E-state index in [-0.39, 0.29) is 0 Å². The monoisotopic (exact) mass is 377 g/mol. The first-order valence-electron chi connectivity index (χ1n) is 7.30. The molecule has 1 aliphatic heterocycles. The van der Waals surface area contributed by atoms with E-state index in [2.05, 4.69) is 82.2 Å². The summed E-state index contributed by atoms with van der Waals surface area (Å²) in [6, 6.07) is 0.365. The molecule has 4 atom stereocenters. The van der Waals surface area contributed by atoms with Crippen molar-refractivity contribution in [1.82, 2.24) is 15.1 Å². The maximum absolute atomic E-state index is 4.48. The Morgan fingerprint density at radius 2 is 2.20 bits per heavy atom. The molecule has 1 aromatic rings. The third-order valence-corrected chi connectivity index (χ3v) is 7.90. The van der Waals surface area contributed by atoms with Gasteiger partial charge >= 0.3 is 0 Å². The minimum absolute atomic E-state index is 0.365. The predicted octanol–water partition coefficient (Wildman–Crippen LogP) is 3.94. The smallest absolute Gasteiger partial charge is 0.0707 e. The molecule has 1 aliphatic rings. The van der Waals surface area contributed by atoms with Gasteiger partial charge in [-0.25, -0.2) is 0 Å². The second-order valence-corrected chi connectivity index (χ2v) is 9.03. The van der Waals surface area contributed by atoms with Crippen LogP contribution < -0.4 is 5.32 Å². The minimum atomic E-state index is 0.365. The SMILES string of the molecule is CCNC(c1c(Br)cnn1CC)C1CSC(C)C(C)S1. The van der Waals surface area contributed by atoms with Gasteiger partial charge in [0.25, 0.3) is 0 Å². The molecule has 6 heteroatoms. The second kappa shape index (κ2) is 7.56. The van der Waals surface area contributed by atoms with E-state index in [1.165, 1.54) is 11.4 Å². The van der Waals surface area contributed by atoms with Crippen LogP contribution in [0.25, 0.3) is 0 Å². The molecule has 4 unspecified atom stereocenters. The summed E-state index contributed by atoms with van der Waals surface area (Å²) in [4.78, 5) is 0. The molecule has 1 N–H and O–H groups in total. The lowest BCUT2D eigenvalue weighted by molar-refractivity contribution is 0.488. The van der Waals surface area contributed by atoms with Crippen LogP contribution in [-0.4, -0.2) is 37.8 Å². The number of hydrogen-bond acceptors (Lipinski definition) is 4. The molecular formula is C14H24BrN3S2. The molecule has 0 aromatic carbocycles. The summed E-state index contributed by atoms with van der Waals surface area (Å²) in [7, 11) is 0. The van der Waals surface area contributed by atoms with E-state index in [0.29, 0.717) is 16.5 Å². The van der Waals surface area contributed by atoms with Crippen LogP contribution in [-0.2, 0) is 6.54 Å². The van der Waals surface area contributed by atoms with Crippen molar-refractivity contribution >= 4 is 39.5 Å². The van der Waals surface area contributed by atoms with Gasteiger partial charge in [0.15, 0.2) is 0 Å². The molecule has 1 fully saturated rings. The van der Waals surface area contributed by atoms with Crippen molar-refractivity contribution < 1.29 is 0 Å². The number of nitrogens with zero attached hydrogens (tertiary/aromatic N) is 2. The van der Waals surface area contributed by atoms with Gasteiger partial charge < -0.3 is 5.32 Å². The summed E-state index contributed by atoms with van der Waals surface area (Å²) in [5.74, 6) is 1.20. The highest BCUT2D eigenvalue weighted by Crippen LogP contribution is 2.42. The Kier molecular flexibility index (Phi) is 6.32. The summed E-state index contributed by atoms with van der Waals surface area (Å²) >= 11 is 7.91. The molecule has 1 saturated heterocycles. The maximum Gasteiger partial charge on any atom is 0.0707 e. The average Bonchev–Trinajstić information content (AvgIpc) is 2.80. The van der Waals surface area contributed by atoms with Crippen LogP contribution in [0.15, 0.2) is 10.7 Å². The Labute approximate surface area is 139 Å². The first-order chi connectivity index (χ1) is 9.58. The van der Waals surface area contributed by atoms with Crippen LogP contribution in [0.2, 0.25) is 0 Å². The Morgan fingerprint density at radius 1 is 1.45 bits per heavy atom. The normalized spacial score (nSPS) is 28.6. The van der Waals surface area contributed by atoms with E-state index in [9.17, 15) is 0 Å². The van der Waals surface area contributed by atoms with Crippen molar-refractivity contribution in [2.45, 2.75) is 56.0 Å². The van der Waals surface area contributed by atoms with Crippen LogP contribution in [0, 0.1) is 0 Å². The van der Waals surface area contributed by atoms with E-state index in [4.69, 9.17) is 0 Å². The Bertz CT molecular complexity index is 438. The molecule has 1 aromatic heterocycles. The molecule has 2 rings (SSSR count). The number of hydrogen-bond donors (Lipinski definition) is 1. The number of halogens is 1. The number of aromatic nitrogens is 2. The third-order valence-electron chi connectivity index (χ3n) is 3.80. The lowest BCUT2D eigenvalue weighted by atomic mass is 10.1. The fraction of sp³-hybridized carbons (Fsp3) is 0.786. The fourth-order valence-electron chi connectivity index (χ4n) is 2.54. The van der Waals surface area contributed by atoms with Gasteiger partial charge in [-0.1, -0.05) is 20.8 Å². The van der Waals surface area contributed by atoms with Gasteiger partial charge in [0, 0.05) is 28.0 Å². The standard InChI is InChI=1S/C14H24BrN3S2/c1-5-16-13(12-8-19-9(3)10(4)20-12)14-11(15)7-17-18(14)6-2/h7,9-10,12-13,16H,5-6,8H2,1-4H3. The van der Waals surface area contributed by atoms with E-state index in [0.717, 1.165) is 22.8 Å². The van der Waals surface area contributed by atoms with E-state index in [1.807, 2.05) is 6.20 Å².